The summed E-state index contributed by atoms with van der Waals surface area (Å²) >= 11 is 6.02. The summed E-state index contributed by atoms with van der Waals surface area (Å²) in [5.74, 6) is 1.02. The number of amides is 1. The Hall–Kier alpha value is -2.50. The van der Waals surface area contributed by atoms with Crippen molar-refractivity contribution in [3.63, 3.8) is 0 Å². The van der Waals surface area contributed by atoms with E-state index in [4.69, 9.17) is 27.1 Å². The molecule has 1 amide bonds. The Balaban J connectivity index is 1.39. The molecule has 1 aliphatic rings. The van der Waals surface area contributed by atoms with E-state index in [1.54, 1.807) is 19.2 Å². The molecule has 0 saturated carbocycles. The lowest BCUT2D eigenvalue weighted by molar-refractivity contribution is -0.132. The van der Waals surface area contributed by atoms with E-state index in [0.29, 0.717) is 19.7 Å². The van der Waals surface area contributed by atoms with E-state index in [1.807, 2.05) is 23.1 Å². The molecule has 3 aromatic rings. The minimum atomic E-state index is -3.83. The van der Waals surface area contributed by atoms with Gasteiger partial charge < -0.3 is 19.9 Å². The maximum absolute atomic E-state index is 13.1. The third kappa shape index (κ3) is 6.69. The molecule has 3 N–H and O–H groups in total. The number of benzene rings is 2. The molecule has 1 aromatic heterocycles. The van der Waals surface area contributed by atoms with Gasteiger partial charge in [0.2, 0.25) is 15.9 Å². The van der Waals surface area contributed by atoms with Gasteiger partial charge in [0.15, 0.2) is 0 Å². The molecule has 2 aromatic carbocycles. The second-order valence-electron chi connectivity index (χ2n) is 9.38. The number of carbonyl (C=O) groups is 1. The zero-order chi connectivity index (χ0) is 26.4. The normalized spacial score (nSPS) is 17.3. The molecule has 0 bridgehead atoms. The average molecular weight is 548 g/mol. The van der Waals surface area contributed by atoms with E-state index in [0.717, 1.165) is 42.7 Å². The molecule has 2 unspecified atom stereocenters. The molecular weight excluding hydrogens is 514 g/mol. The molecule has 0 radical (unpaired) electrons. The molecule has 9 nitrogen and oxygen atoms in total. The number of sulfonamides is 1. The van der Waals surface area contributed by atoms with Gasteiger partial charge in [-0.3, -0.25) is 4.79 Å². The summed E-state index contributed by atoms with van der Waals surface area (Å²) in [4.78, 5) is 19.9. The van der Waals surface area contributed by atoms with E-state index in [9.17, 15) is 13.2 Å². The van der Waals surface area contributed by atoms with Gasteiger partial charge in [-0.1, -0.05) is 35.9 Å². The molecule has 1 fully saturated rings. The molecule has 4 rings (SSSR count). The van der Waals surface area contributed by atoms with Crippen molar-refractivity contribution in [2.75, 3.05) is 33.4 Å². The fourth-order valence-electron chi connectivity index (χ4n) is 4.80. The van der Waals surface area contributed by atoms with Crippen LogP contribution < -0.4 is 10.5 Å². The average Bonchev–Trinajstić information content (AvgIpc) is 3.26. The van der Waals surface area contributed by atoms with Crippen LogP contribution in [0.5, 0.6) is 0 Å². The Bertz CT molecular complexity index is 1330. The molecule has 200 valence electrons. The van der Waals surface area contributed by atoms with Crippen molar-refractivity contribution in [1.82, 2.24) is 19.2 Å². The van der Waals surface area contributed by atoms with Crippen molar-refractivity contribution in [3.8, 4) is 0 Å². The lowest BCUT2D eigenvalue weighted by Gasteiger charge is -2.33. The van der Waals surface area contributed by atoms with E-state index >= 15 is 0 Å². The maximum atomic E-state index is 13.1. The lowest BCUT2D eigenvalue weighted by Crippen LogP contribution is -2.45. The highest BCUT2D eigenvalue weighted by atomic mass is 35.5. The first-order chi connectivity index (χ1) is 17.8. The van der Waals surface area contributed by atoms with Crippen molar-refractivity contribution < 1.29 is 17.9 Å². The van der Waals surface area contributed by atoms with Gasteiger partial charge in [0.05, 0.1) is 16.1 Å². The summed E-state index contributed by atoms with van der Waals surface area (Å²) in [5, 5.41) is 0.132. The number of piperidine rings is 1. The summed E-state index contributed by atoms with van der Waals surface area (Å²) in [7, 11) is -2.13. The molecule has 0 spiro atoms. The zero-order valence-electron chi connectivity index (χ0n) is 21.0. The largest absolute Gasteiger partial charge is 0.385 e. The van der Waals surface area contributed by atoms with Crippen LogP contribution in [0.25, 0.3) is 11.0 Å². The third-order valence-corrected chi connectivity index (χ3v) is 8.58. The Labute approximate surface area is 223 Å². The number of halogens is 1. The fourth-order valence-corrected chi connectivity index (χ4v) is 6.42. The number of aromatic nitrogens is 2. The van der Waals surface area contributed by atoms with Crippen LogP contribution in [0.4, 0.5) is 0 Å². The number of ether oxygens (including phenoxy) is 1. The van der Waals surface area contributed by atoms with Gasteiger partial charge in [-0.05, 0) is 43.5 Å². The van der Waals surface area contributed by atoms with Gasteiger partial charge >= 0.3 is 0 Å². The summed E-state index contributed by atoms with van der Waals surface area (Å²) in [5.41, 5.74) is 8.20. The number of rotatable bonds is 11. The SMILES string of the molecule is COCCCn1c(C2CCCN(C(=O)CC(N)CNS(=O)(=O)c3ccccc3Cl)C2)nc2ccccc21. The zero-order valence-corrected chi connectivity index (χ0v) is 22.5. The number of imidazole rings is 1. The van der Waals surface area contributed by atoms with Gasteiger partial charge in [-0.15, -0.1) is 0 Å². The van der Waals surface area contributed by atoms with Crippen LogP contribution in [0, 0.1) is 0 Å². The van der Waals surface area contributed by atoms with Gasteiger partial charge in [-0.2, -0.15) is 0 Å². The van der Waals surface area contributed by atoms with Gasteiger partial charge in [-0.25, -0.2) is 18.1 Å². The number of hydrogen-bond acceptors (Lipinski definition) is 6. The molecule has 0 aliphatic carbocycles. The monoisotopic (exact) mass is 547 g/mol. The Morgan fingerprint density at radius 3 is 2.78 bits per heavy atom. The third-order valence-electron chi connectivity index (χ3n) is 6.65. The van der Waals surface area contributed by atoms with E-state index in [1.165, 1.54) is 12.1 Å². The van der Waals surface area contributed by atoms with E-state index in [2.05, 4.69) is 15.4 Å². The highest BCUT2D eigenvalue weighted by Gasteiger charge is 2.29. The van der Waals surface area contributed by atoms with Gasteiger partial charge in [0.25, 0.3) is 0 Å². The number of methoxy groups -OCH3 is 1. The first-order valence-electron chi connectivity index (χ1n) is 12.5. The molecule has 37 heavy (non-hydrogen) atoms. The van der Waals surface area contributed by atoms with Crippen LogP contribution in [-0.4, -0.2) is 68.2 Å². The second-order valence-corrected chi connectivity index (χ2v) is 11.5. The standard InChI is InChI=1S/C26H34ClN5O4S/c1-36-15-7-14-32-23-11-4-3-10-22(23)30-26(32)19-8-6-13-31(18-19)25(33)16-20(28)17-29-37(34,35)24-12-5-2-9-21(24)27/h2-5,9-12,19-20,29H,6-8,13-18,28H2,1H3. The minimum Gasteiger partial charge on any atom is -0.385 e. The topological polar surface area (TPSA) is 120 Å². The molecule has 1 aliphatic heterocycles. The number of nitrogens with one attached hydrogen (secondary N) is 1. The molecule has 2 heterocycles. The van der Waals surface area contributed by atoms with Crippen LogP contribution in [-0.2, 0) is 26.1 Å². The summed E-state index contributed by atoms with van der Waals surface area (Å²) < 4.78 is 35.1. The number of carbonyl (C=O) groups excluding carboxylic acids is 1. The van der Waals surface area contributed by atoms with Crippen LogP contribution in [0.3, 0.4) is 0 Å². The van der Waals surface area contributed by atoms with Crippen LogP contribution >= 0.6 is 11.6 Å². The number of hydrogen-bond donors (Lipinski definition) is 2. The Morgan fingerprint density at radius 1 is 1.24 bits per heavy atom. The van der Waals surface area contributed by atoms with Crippen molar-refractivity contribution in [1.29, 1.82) is 0 Å². The number of nitrogens with zero attached hydrogens (tertiary/aromatic N) is 3. The number of likely N-dealkylation sites (tertiary alicyclic amines) is 1. The summed E-state index contributed by atoms with van der Waals surface area (Å²) in [6.45, 7) is 2.61. The minimum absolute atomic E-state index is 0.0116. The predicted octanol–water partition coefficient (Wildman–Crippen LogP) is 3.13. The van der Waals surface area contributed by atoms with Crippen LogP contribution in [0.15, 0.2) is 53.4 Å². The maximum Gasteiger partial charge on any atom is 0.242 e. The van der Waals surface area contributed by atoms with Crippen molar-refractivity contribution in [2.45, 2.75) is 49.1 Å². The van der Waals surface area contributed by atoms with E-state index < -0.39 is 16.1 Å². The quantitative estimate of drug-likeness (QED) is 0.356. The van der Waals surface area contributed by atoms with Crippen LogP contribution in [0.1, 0.15) is 37.4 Å². The van der Waals surface area contributed by atoms with Gasteiger partial charge in [0.1, 0.15) is 10.7 Å². The summed E-state index contributed by atoms with van der Waals surface area (Å²) in [6.07, 6.45) is 2.73. The Kier molecular flexibility index (Phi) is 9.20. The van der Waals surface area contributed by atoms with Crippen molar-refractivity contribution in [3.05, 3.63) is 59.4 Å². The predicted molar refractivity (Wildman–Crippen MR) is 144 cm³/mol. The molecule has 2 atom stereocenters. The first-order valence-corrected chi connectivity index (χ1v) is 14.4. The summed E-state index contributed by atoms with van der Waals surface area (Å²) in [6, 6.07) is 13.6. The van der Waals surface area contributed by atoms with Gasteiger partial charge in [0, 0.05) is 58.3 Å². The highest BCUT2D eigenvalue weighted by molar-refractivity contribution is 7.89. The highest BCUT2D eigenvalue weighted by Crippen LogP contribution is 2.30. The number of fused-ring (bicyclic) bond motifs is 1. The molecular formula is C26H34ClN5O4S. The fraction of sp³-hybridized carbons (Fsp3) is 0.462. The number of nitrogens with two attached hydrogens (primary N) is 1. The second kappa shape index (κ2) is 12.4. The first kappa shape index (κ1) is 27.5. The smallest absolute Gasteiger partial charge is 0.242 e. The van der Waals surface area contributed by atoms with Crippen molar-refractivity contribution >= 4 is 38.6 Å². The van der Waals surface area contributed by atoms with Crippen molar-refractivity contribution in [2.24, 2.45) is 5.73 Å². The molecule has 11 heteroatoms. The number of aryl methyl sites for hydroxylation is 1. The number of para-hydroxylation sites is 2. The lowest BCUT2D eigenvalue weighted by atomic mass is 9.96. The molecule has 1 saturated heterocycles. The van der Waals surface area contributed by atoms with Crippen LogP contribution in [0.2, 0.25) is 5.02 Å². The van der Waals surface area contributed by atoms with E-state index in [-0.39, 0.29) is 34.7 Å². The Morgan fingerprint density at radius 2 is 2.00 bits per heavy atom.